The highest BCUT2D eigenvalue weighted by atomic mass is 16.3. The summed E-state index contributed by atoms with van der Waals surface area (Å²) in [4.78, 5) is 2.26. The second kappa shape index (κ2) is 6.53. The number of aromatic hydroxyl groups is 1. The molecule has 1 N–H and O–H groups in total. The van der Waals surface area contributed by atoms with Crippen LogP contribution in [0.2, 0.25) is 0 Å². The van der Waals surface area contributed by atoms with E-state index >= 15 is 0 Å². The molecule has 0 heterocycles. The van der Waals surface area contributed by atoms with Crippen molar-refractivity contribution in [1.29, 1.82) is 0 Å². The van der Waals surface area contributed by atoms with Gasteiger partial charge in [-0.05, 0) is 36.6 Å². The van der Waals surface area contributed by atoms with Crippen molar-refractivity contribution in [2.24, 2.45) is 0 Å². The molecule has 0 saturated heterocycles. The van der Waals surface area contributed by atoms with Gasteiger partial charge in [-0.2, -0.15) is 0 Å². The minimum Gasteiger partial charge on any atom is -0.508 e. The summed E-state index contributed by atoms with van der Waals surface area (Å²) in [6, 6.07) is 16.7. The smallest absolute Gasteiger partial charge is 0.120 e. The molecule has 2 aromatic rings. The van der Waals surface area contributed by atoms with Gasteiger partial charge in [-0.25, -0.2) is 0 Å². The van der Waals surface area contributed by atoms with Gasteiger partial charge in [0.25, 0.3) is 0 Å². The Labute approximate surface area is 134 Å². The molecule has 0 bridgehead atoms. The first-order chi connectivity index (χ1) is 10.3. The molecule has 1 atom stereocenters. The number of hydrogen-bond acceptors (Lipinski definition) is 2. The van der Waals surface area contributed by atoms with Crippen LogP contribution >= 0.6 is 0 Å². The highest BCUT2D eigenvalue weighted by molar-refractivity contribution is 5.38. The molecule has 0 fully saturated rings. The lowest BCUT2D eigenvalue weighted by Crippen LogP contribution is -2.22. The van der Waals surface area contributed by atoms with Crippen LogP contribution in [0.25, 0.3) is 0 Å². The first-order valence-electron chi connectivity index (χ1n) is 7.86. The lowest BCUT2D eigenvalue weighted by Gasteiger charge is -2.27. The van der Waals surface area contributed by atoms with Crippen molar-refractivity contribution < 1.29 is 5.11 Å². The summed E-state index contributed by atoms with van der Waals surface area (Å²) in [5.74, 6) is 0.375. The lowest BCUT2D eigenvalue weighted by atomic mass is 9.86. The van der Waals surface area contributed by atoms with Gasteiger partial charge in [-0.1, -0.05) is 63.2 Å². The van der Waals surface area contributed by atoms with Crippen LogP contribution in [0.4, 0.5) is 0 Å². The molecular formula is C20H27NO. The molecule has 0 radical (unpaired) electrons. The highest BCUT2D eigenvalue weighted by Crippen LogP contribution is 2.29. The van der Waals surface area contributed by atoms with Crippen molar-refractivity contribution in [3.8, 4) is 5.75 Å². The molecule has 1 unspecified atom stereocenters. The van der Waals surface area contributed by atoms with Crippen LogP contribution in [0.3, 0.4) is 0 Å². The van der Waals surface area contributed by atoms with Gasteiger partial charge < -0.3 is 5.11 Å². The van der Waals surface area contributed by atoms with Gasteiger partial charge in [0.05, 0.1) is 0 Å². The number of hydrogen-bond donors (Lipinski definition) is 1. The molecule has 0 amide bonds. The number of nitrogens with zero attached hydrogens (tertiary/aromatic N) is 1. The molecule has 2 heteroatoms. The quantitative estimate of drug-likeness (QED) is 0.869. The normalized spacial score (nSPS) is 13.4. The summed E-state index contributed by atoms with van der Waals surface area (Å²) in [6.45, 7) is 9.50. The molecule has 0 aliphatic heterocycles. The maximum absolute atomic E-state index is 10.2. The minimum absolute atomic E-state index is 0.0894. The van der Waals surface area contributed by atoms with E-state index in [1.807, 2.05) is 18.2 Å². The van der Waals surface area contributed by atoms with Crippen molar-refractivity contribution in [2.75, 3.05) is 7.05 Å². The number of phenols is 1. The predicted octanol–water partition coefficient (Wildman–Crippen LogP) is 4.88. The Morgan fingerprint density at radius 1 is 1.05 bits per heavy atom. The Bertz CT molecular complexity index is 613. The third-order valence-electron chi connectivity index (χ3n) is 4.31. The van der Waals surface area contributed by atoms with Gasteiger partial charge in [-0.15, -0.1) is 0 Å². The monoisotopic (exact) mass is 297 g/mol. The lowest BCUT2D eigenvalue weighted by molar-refractivity contribution is 0.249. The van der Waals surface area contributed by atoms with E-state index in [9.17, 15) is 5.11 Å². The number of rotatable bonds is 4. The maximum atomic E-state index is 10.2. The fraction of sp³-hybridized carbons (Fsp3) is 0.400. The van der Waals surface area contributed by atoms with Crippen molar-refractivity contribution in [2.45, 2.75) is 45.7 Å². The van der Waals surface area contributed by atoms with Crippen LogP contribution < -0.4 is 0 Å². The Balaban J connectivity index is 2.19. The van der Waals surface area contributed by atoms with Gasteiger partial charge in [0.2, 0.25) is 0 Å². The van der Waals surface area contributed by atoms with Gasteiger partial charge >= 0.3 is 0 Å². The van der Waals surface area contributed by atoms with Gasteiger partial charge in [0, 0.05) is 18.2 Å². The largest absolute Gasteiger partial charge is 0.508 e. The van der Waals surface area contributed by atoms with Gasteiger partial charge in [0.15, 0.2) is 0 Å². The Hall–Kier alpha value is -1.80. The molecule has 2 rings (SSSR count). The zero-order chi connectivity index (χ0) is 16.3. The van der Waals surface area contributed by atoms with E-state index in [4.69, 9.17) is 0 Å². The summed E-state index contributed by atoms with van der Waals surface area (Å²) < 4.78 is 0. The van der Waals surface area contributed by atoms with Crippen molar-refractivity contribution in [3.05, 3.63) is 65.2 Å². The summed E-state index contributed by atoms with van der Waals surface area (Å²) in [5.41, 5.74) is 3.61. The first kappa shape index (κ1) is 16.6. The molecule has 0 aliphatic rings. The van der Waals surface area contributed by atoms with Crippen molar-refractivity contribution in [1.82, 2.24) is 4.90 Å². The highest BCUT2D eigenvalue weighted by Gasteiger charge is 2.18. The predicted molar refractivity (Wildman–Crippen MR) is 93.1 cm³/mol. The second-order valence-electron chi connectivity index (χ2n) is 7.10. The average Bonchev–Trinajstić information content (AvgIpc) is 2.48. The van der Waals surface area contributed by atoms with E-state index < -0.39 is 0 Å². The zero-order valence-corrected chi connectivity index (χ0v) is 14.3. The summed E-state index contributed by atoms with van der Waals surface area (Å²) >= 11 is 0. The van der Waals surface area contributed by atoms with Crippen LogP contribution in [0, 0.1) is 0 Å². The van der Waals surface area contributed by atoms with Crippen LogP contribution in [-0.4, -0.2) is 17.1 Å². The van der Waals surface area contributed by atoms with E-state index in [1.54, 1.807) is 0 Å². The maximum Gasteiger partial charge on any atom is 0.120 e. The zero-order valence-electron chi connectivity index (χ0n) is 14.3. The van der Waals surface area contributed by atoms with Crippen molar-refractivity contribution in [3.63, 3.8) is 0 Å². The summed E-state index contributed by atoms with van der Waals surface area (Å²) in [6.07, 6.45) is 0. The van der Waals surface area contributed by atoms with Crippen LogP contribution in [-0.2, 0) is 12.0 Å². The van der Waals surface area contributed by atoms with Gasteiger partial charge in [0.1, 0.15) is 5.75 Å². The molecule has 2 aromatic carbocycles. The molecule has 118 valence electrons. The molecular weight excluding hydrogens is 270 g/mol. The molecule has 0 spiro atoms. The van der Waals surface area contributed by atoms with Gasteiger partial charge in [-0.3, -0.25) is 4.90 Å². The number of phenolic OH excluding ortho intramolecular Hbond substituents is 1. The van der Waals surface area contributed by atoms with E-state index in [1.165, 1.54) is 11.1 Å². The summed E-state index contributed by atoms with van der Waals surface area (Å²) in [7, 11) is 2.10. The third kappa shape index (κ3) is 3.89. The van der Waals surface area contributed by atoms with Crippen molar-refractivity contribution >= 4 is 0 Å². The number of benzene rings is 2. The third-order valence-corrected chi connectivity index (χ3v) is 4.31. The van der Waals surface area contributed by atoms with E-state index in [0.29, 0.717) is 11.8 Å². The minimum atomic E-state index is 0.0894. The molecule has 22 heavy (non-hydrogen) atoms. The van der Waals surface area contributed by atoms with E-state index in [-0.39, 0.29) is 5.41 Å². The van der Waals surface area contributed by atoms with Crippen LogP contribution in [0.1, 0.15) is 50.4 Å². The fourth-order valence-electron chi connectivity index (χ4n) is 2.57. The molecule has 0 aromatic heterocycles. The van der Waals surface area contributed by atoms with Crippen LogP contribution in [0.5, 0.6) is 5.75 Å². The Kier molecular flexibility index (Phi) is 4.92. The molecule has 0 saturated carbocycles. The van der Waals surface area contributed by atoms with E-state index in [2.05, 4.69) is 70.0 Å². The topological polar surface area (TPSA) is 23.5 Å². The average molecular weight is 297 g/mol. The molecule has 0 aliphatic carbocycles. The fourth-order valence-corrected chi connectivity index (χ4v) is 2.57. The SMILES string of the molecule is CC(c1ccccc1)N(C)Cc1cc(C(C)(C)C)ccc1O. The standard InChI is InChI=1S/C20H27NO/c1-15(16-9-7-6-8-10-16)21(5)14-17-13-18(20(2,3)4)11-12-19(17)22/h6-13,15,22H,14H2,1-5H3. The van der Waals surface area contributed by atoms with Crippen LogP contribution in [0.15, 0.2) is 48.5 Å². The van der Waals surface area contributed by atoms with E-state index in [0.717, 1.165) is 12.1 Å². The molecule has 2 nitrogen and oxygen atoms in total. The Morgan fingerprint density at radius 3 is 2.27 bits per heavy atom. The second-order valence-corrected chi connectivity index (χ2v) is 7.10. The summed E-state index contributed by atoms with van der Waals surface area (Å²) in [5, 5.41) is 10.2. The first-order valence-corrected chi connectivity index (χ1v) is 7.86. The Morgan fingerprint density at radius 2 is 1.68 bits per heavy atom.